The van der Waals surface area contributed by atoms with E-state index in [0.29, 0.717) is 10.6 Å². The SMILES string of the molecule is C[C@@H](NC(=O)C(N)c1cnn(C)c1)c1cccc(Cl)c1. The van der Waals surface area contributed by atoms with E-state index in [0.717, 1.165) is 5.56 Å². The second-order valence-corrected chi connectivity index (χ2v) is 5.15. The zero-order valence-electron chi connectivity index (χ0n) is 11.4. The minimum absolute atomic E-state index is 0.163. The van der Waals surface area contributed by atoms with Gasteiger partial charge in [0.1, 0.15) is 6.04 Å². The van der Waals surface area contributed by atoms with Crippen molar-refractivity contribution in [2.75, 3.05) is 0 Å². The van der Waals surface area contributed by atoms with E-state index in [9.17, 15) is 4.79 Å². The molecule has 0 bridgehead atoms. The van der Waals surface area contributed by atoms with Gasteiger partial charge in [-0.1, -0.05) is 23.7 Å². The molecule has 0 saturated carbocycles. The number of hydrogen-bond acceptors (Lipinski definition) is 3. The third kappa shape index (κ3) is 3.37. The summed E-state index contributed by atoms with van der Waals surface area (Å²) in [5.41, 5.74) is 7.53. The van der Waals surface area contributed by atoms with E-state index < -0.39 is 6.04 Å². The number of rotatable bonds is 4. The Balaban J connectivity index is 2.04. The van der Waals surface area contributed by atoms with Gasteiger partial charge in [0.25, 0.3) is 0 Å². The van der Waals surface area contributed by atoms with Crippen LogP contribution in [0.1, 0.15) is 30.1 Å². The Hall–Kier alpha value is -1.85. The van der Waals surface area contributed by atoms with Gasteiger partial charge in [-0.3, -0.25) is 9.48 Å². The van der Waals surface area contributed by atoms with Crippen molar-refractivity contribution in [3.05, 3.63) is 52.8 Å². The smallest absolute Gasteiger partial charge is 0.242 e. The summed E-state index contributed by atoms with van der Waals surface area (Å²) >= 11 is 5.94. The summed E-state index contributed by atoms with van der Waals surface area (Å²) in [5.74, 6) is -0.245. The second-order valence-electron chi connectivity index (χ2n) is 4.71. The fraction of sp³-hybridized carbons (Fsp3) is 0.286. The van der Waals surface area contributed by atoms with Crippen LogP contribution in [0.4, 0.5) is 0 Å². The molecular formula is C14H17ClN4O. The molecule has 3 N–H and O–H groups in total. The van der Waals surface area contributed by atoms with Crippen LogP contribution in [0.5, 0.6) is 0 Å². The van der Waals surface area contributed by atoms with Crippen LogP contribution in [0.25, 0.3) is 0 Å². The van der Waals surface area contributed by atoms with Crippen LogP contribution in [0, 0.1) is 0 Å². The summed E-state index contributed by atoms with van der Waals surface area (Å²) in [5, 5.41) is 7.52. The van der Waals surface area contributed by atoms with Crippen LogP contribution in [0.2, 0.25) is 5.02 Å². The Labute approximate surface area is 122 Å². The minimum Gasteiger partial charge on any atom is -0.348 e. The molecule has 0 fully saturated rings. The average molecular weight is 293 g/mol. The molecule has 20 heavy (non-hydrogen) atoms. The Morgan fingerprint density at radius 3 is 2.80 bits per heavy atom. The molecule has 1 unspecified atom stereocenters. The van der Waals surface area contributed by atoms with E-state index in [1.165, 1.54) is 0 Å². The summed E-state index contributed by atoms with van der Waals surface area (Å²) < 4.78 is 1.61. The number of benzene rings is 1. The number of halogens is 1. The Morgan fingerprint density at radius 2 is 2.20 bits per heavy atom. The van der Waals surface area contributed by atoms with E-state index in [-0.39, 0.29) is 11.9 Å². The highest BCUT2D eigenvalue weighted by Crippen LogP contribution is 2.18. The highest BCUT2D eigenvalue weighted by molar-refractivity contribution is 6.30. The van der Waals surface area contributed by atoms with Gasteiger partial charge in [-0.2, -0.15) is 5.10 Å². The zero-order valence-corrected chi connectivity index (χ0v) is 12.1. The van der Waals surface area contributed by atoms with Crippen molar-refractivity contribution in [2.45, 2.75) is 19.0 Å². The minimum atomic E-state index is -0.731. The van der Waals surface area contributed by atoms with E-state index in [1.807, 2.05) is 25.1 Å². The largest absolute Gasteiger partial charge is 0.348 e. The first-order valence-corrected chi connectivity index (χ1v) is 6.65. The number of hydrogen-bond donors (Lipinski definition) is 2. The number of carbonyl (C=O) groups is 1. The van der Waals surface area contributed by atoms with Gasteiger partial charge in [-0.15, -0.1) is 0 Å². The molecule has 0 spiro atoms. The second kappa shape index (κ2) is 6.07. The lowest BCUT2D eigenvalue weighted by Crippen LogP contribution is -2.35. The molecule has 2 atom stereocenters. The zero-order chi connectivity index (χ0) is 14.7. The molecule has 1 heterocycles. The van der Waals surface area contributed by atoms with Crippen LogP contribution < -0.4 is 11.1 Å². The van der Waals surface area contributed by atoms with Crippen LogP contribution in [-0.2, 0) is 11.8 Å². The van der Waals surface area contributed by atoms with Crippen LogP contribution in [0.3, 0.4) is 0 Å². The molecule has 2 rings (SSSR count). The summed E-state index contributed by atoms with van der Waals surface area (Å²) in [6.45, 7) is 1.89. The monoisotopic (exact) mass is 292 g/mol. The van der Waals surface area contributed by atoms with Gasteiger partial charge in [0.2, 0.25) is 5.91 Å². The first-order chi connectivity index (χ1) is 9.47. The van der Waals surface area contributed by atoms with Gasteiger partial charge in [-0.25, -0.2) is 0 Å². The molecule has 0 aliphatic rings. The predicted molar refractivity (Wildman–Crippen MR) is 78.1 cm³/mol. The van der Waals surface area contributed by atoms with Crippen molar-refractivity contribution >= 4 is 17.5 Å². The van der Waals surface area contributed by atoms with Gasteiger partial charge in [-0.05, 0) is 24.6 Å². The van der Waals surface area contributed by atoms with Crippen molar-refractivity contribution in [3.8, 4) is 0 Å². The third-order valence-electron chi connectivity index (χ3n) is 3.07. The van der Waals surface area contributed by atoms with E-state index in [1.54, 1.807) is 30.2 Å². The van der Waals surface area contributed by atoms with Crippen molar-refractivity contribution in [2.24, 2.45) is 12.8 Å². The van der Waals surface area contributed by atoms with Crippen LogP contribution in [0.15, 0.2) is 36.7 Å². The van der Waals surface area contributed by atoms with Crippen molar-refractivity contribution in [1.29, 1.82) is 0 Å². The van der Waals surface area contributed by atoms with E-state index in [4.69, 9.17) is 17.3 Å². The molecule has 2 aromatic rings. The lowest BCUT2D eigenvalue weighted by atomic mass is 10.1. The predicted octanol–water partition coefficient (Wildman–Crippen LogP) is 1.95. The summed E-state index contributed by atoms with van der Waals surface area (Å²) in [6.07, 6.45) is 3.32. The topological polar surface area (TPSA) is 72.9 Å². The maximum atomic E-state index is 12.1. The number of aryl methyl sites for hydroxylation is 1. The molecule has 0 saturated heterocycles. The Bertz CT molecular complexity index is 611. The molecular weight excluding hydrogens is 276 g/mol. The van der Waals surface area contributed by atoms with Gasteiger partial charge in [0.15, 0.2) is 0 Å². The number of nitrogens with two attached hydrogens (primary N) is 1. The lowest BCUT2D eigenvalue weighted by molar-refractivity contribution is -0.123. The average Bonchev–Trinajstić information content (AvgIpc) is 2.84. The normalized spacial score (nSPS) is 13.8. The first kappa shape index (κ1) is 14.6. The number of nitrogens with zero attached hydrogens (tertiary/aromatic N) is 2. The molecule has 0 aliphatic heterocycles. The quantitative estimate of drug-likeness (QED) is 0.904. The highest BCUT2D eigenvalue weighted by Gasteiger charge is 2.19. The summed E-state index contributed by atoms with van der Waals surface area (Å²) in [7, 11) is 1.78. The maximum Gasteiger partial charge on any atom is 0.242 e. The molecule has 1 aromatic carbocycles. The molecule has 1 aromatic heterocycles. The van der Waals surface area contributed by atoms with Gasteiger partial charge < -0.3 is 11.1 Å². The molecule has 0 radical (unpaired) electrons. The number of carbonyl (C=O) groups excluding carboxylic acids is 1. The maximum absolute atomic E-state index is 12.1. The van der Waals surface area contributed by atoms with E-state index in [2.05, 4.69) is 10.4 Å². The van der Waals surface area contributed by atoms with Gasteiger partial charge in [0, 0.05) is 23.8 Å². The Morgan fingerprint density at radius 1 is 1.45 bits per heavy atom. The summed E-state index contributed by atoms with van der Waals surface area (Å²) in [4.78, 5) is 12.1. The number of aromatic nitrogens is 2. The first-order valence-electron chi connectivity index (χ1n) is 6.27. The van der Waals surface area contributed by atoms with Crippen molar-refractivity contribution in [3.63, 3.8) is 0 Å². The molecule has 106 valence electrons. The Kier molecular flexibility index (Phi) is 4.42. The molecule has 6 heteroatoms. The molecule has 0 aliphatic carbocycles. The highest BCUT2D eigenvalue weighted by atomic mass is 35.5. The van der Waals surface area contributed by atoms with Crippen LogP contribution >= 0.6 is 11.6 Å². The van der Waals surface area contributed by atoms with Crippen LogP contribution in [-0.4, -0.2) is 15.7 Å². The fourth-order valence-electron chi connectivity index (χ4n) is 1.91. The molecule has 1 amide bonds. The standard InChI is InChI=1S/C14H17ClN4O/c1-9(10-4-3-5-12(15)6-10)18-14(20)13(16)11-7-17-19(2)8-11/h3-9,13H,16H2,1-2H3,(H,18,20)/t9-,13?/m1/s1. The third-order valence-corrected chi connectivity index (χ3v) is 3.31. The number of nitrogens with one attached hydrogen (secondary N) is 1. The fourth-order valence-corrected chi connectivity index (χ4v) is 2.11. The van der Waals surface area contributed by atoms with Gasteiger partial charge in [0.05, 0.1) is 12.2 Å². The van der Waals surface area contributed by atoms with Crippen molar-refractivity contribution in [1.82, 2.24) is 15.1 Å². The number of amides is 1. The lowest BCUT2D eigenvalue weighted by Gasteiger charge is -2.17. The summed E-state index contributed by atoms with van der Waals surface area (Å²) in [6, 6.07) is 6.48. The van der Waals surface area contributed by atoms with Crippen molar-refractivity contribution < 1.29 is 4.79 Å². The molecule has 5 nitrogen and oxygen atoms in total. The van der Waals surface area contributed by atoms with E-state index >= 15 is 0 Å². The van der Waals surface area contributed by atoms with Gasteiger partial charge >= 0.3 is 0 Å².